The predicted octanol–water partition coefficient (Wildman–Crippen LogP) is 2.30. The van der Waals surface area contributed by atoms with E-state index in [1.807, 2.05) is 6.07 Å². The van der Waals surface area contributed by atoms with Gasteiger partial charge in [0.1, 0.15) is 4.21 Å². The Morgan fingerprint density at radius 1 is 1.25 bits per heavy atom. The van der Waals surface area contributed by atoms with Gasteiger partial charge in [-0.15, -0.1) is 11.3 Å². The van der Waals surface area contributed by atoms with E-state index in [1.165, 1.54) is 41.9 Å². The maximum atomic E-state index is 11.2. The first-order valence-corrected chi connectivity index (χ1v) is 8.03. The summed E-state index contributed by atoms with van der Waals surface area (Å²) in [5.41, 5.74) is 0. The lowest BCUT2D eigenvalue weighted by Crippen LogP contribution is -2.10. The molecular weight excluding hydrogens is 242 g/mol. The highest BCUT2D eigenvalue weighted by Crippen LogP contribution is 2.54. The maximum absolute atomic E-state index is 11.2. The smallest absolute Gasteiger partial charge is 0.224 e. The average molecular weight is 257 g/mol. The molecule has 2 aliphatic rings. The summed E-state index contributed by atoms with van der Waals surface area (Å²) >= 11 is 1.36. The minimum absolute atomic E-state index is 0.310. The first-order valence-electron chi connectivity index (χ1n) is 5.66. The Morgan fingerprint density at radius 3 is 2.56 bits per heavy atom. The van der Waals surface area contributed by atoms with Gasteiger partial charge in [-0.2, -0.15) is 0 Å². The first-order chi connectivity index (χ1) is 7.54. The molecule has 1 aromatic rings. The number of thiophene rings is 1. The van der Waals surface area contributed by atoms with Crippen LogP contribution in [0.3, 0.4) is 0 Å². The molecule has 2 bridgehead atoms. The Morgan fingerprint density at radius 2 is 2.06 bits per heavy atom. The number of primary sulfonamides is 1. The molecule has 0 aliphatic heterocycles. The third kappa shape index (κ3) is 1.71. The van der Waals surface area contributed by atoms with Crippen LogP contribution >= 0.6 is 11.3 Å². The molecule has 3 atom stereocenters. The lowest BCUT2D eigenvalue weighted by atomic mass is 9.88. The Bertz CT molecular complexity index is 506. The number of fused-ring (bicyclic) bond motifs is 2. The van der Waals surface area contributed by atoms with Crippen LogP contribution in [0, 0.1) is 11.8 Å². The Kier molecular flexibility index (Phi) is 2.38. The van der Waals surface area contributed by atoms with Crippen molar-refractivity contribution in [3.05, 3.63) is 17.0 Å². The minimum Gasteiger partial charge on any atom is -0.224 e. The summed E-state index contributed by atoms with van der Waals surface area (Å²) in [4.78, 5) is 1.22. The largest absolute Gasteiger partial charge is 0.247 e. The molecule has 0 radical (unpaired) electrons. The number of sulfonamides is 1. The summed E-state index contributed by atoms with van der Waals surface area (Å²) in [6.07, 6.45) is 5.27. The van der Waals surface area contributed by atoms with Gasteiger partial charge in [-0.25, -0.2) is 13.6 Å². The van der Waals surface area contributed by atoms with Crippen LogP contribution in [0.4, 0.5) is 0 Å². The second-order valence-corrected chi connectivity index (χ2v) is 7.89. The molecule has 16 heavy (non-hydrogen) atoms. The van der Waals surface area contributed by atoms with E-state index < -0.39 is 10.0 Å². The number of hydrogen-bond donors (Lipinski definition) is 1. The molecule has 3 rings (SSSR count). The third-order valence-electron chi connectivity index (χ3n) is 3.99. The van der Waals surface area contributed by atoms with E-state index >= 15 is 0 Å². The summed E-state index contributed by atoms with van der Waals surface area (Å²) in [5.74, 6) is 2.27. The van der Waals surface area contributed by atoms with Crippen molar-refractivity contribution in [2.45, 2.75) is 35.8 Å². The van der Waals surface area contributed by atoms with Gasteiger partial charge in [0.2, 0.25) is 10.0 Å². The van der Waals surface area contributed by atoms with Crippen LogP contribution < -0.4 is 5.14 Å². The van der Waals surface area contributed by atoms with Crippen molar-refractivity contribution in [3.8, 4) is 0 Å². The molecule has 1 aromatic heterocycles. The molecule has 5 heteroatoms. The van der Waals surface area contributed by atoms with E-state index in [0.29, 0.717) is 10.1 Å². The SMILES string of the molecule is NS(=O)(=O)c1ccc([C@H]2C[C@@H]3CC[C@H]2C3)s1. The molecule has 0 aromatic carbocycles. The van der Waals surface area contributed by atoms with E-state index in [0.717, 1.165) is 11.8 Å². The van der Waals surface area contributed by atoms with Crippen molar-refractivity contribution >= 4 is 21.4 Å². The van der Waals surface area contributed by atoms with Crippen molar-refractivity contribution < 1.29 is 8.42 Å². The molecule has 2 saturated carbocycles. The van der Waals surface area contributed by atoms with Crippen molar-refractivity contribution in [2.75, 3.05) is 0 Å². The molecule has 2 N–H and O–H groups in total. The summed E-state index contributed by atoms with van der Waals surface area (Å²) in [6, 6.07) is 3.61. The van der Waals surface area contributed by atoms with Crippen LogP contribution in [0.2, 0.25) is 0 Å². The van der Waals surface area contributed by atoms with Gasteiger partial charge in [-0.3, -0.25) is 0 Å². The summed E-state index contributed by atoms with van der Waals surface area (Å²) in [7, 11) is -3.51. The fourth-order valence-corrected chi connectivity index (χ4v) is 5.24. The lowest BCUT2D eigenvalue weighted by molar-refractivity contribution is 0.424. The molecule has 3 nitrogen and oxygen atoms in total. The predicted molar refractivity (Wildman–Crippen MR) is 63.9 cm³/mol. The average Bonchev–Trinajstić information content (AvgIpc) is 2.92. The van der Waals surface area contributed by atoms with Gasteiger partial charge in [0.05, 0.1) is 0 Å². The first kappa shape index (κ1) is 10.7. The number of nitrogens with two attached hydrogens (primary N) is 1. The fourth-order valence-electron chi connectivity index (χ4n) is 3.28. The van der Waals surface area contributed by atoms with E-state index in [2.05, 4.69) is 0 Å². The molecule has 0 saturated heterocycles. The molecular formula is C11H15NO2S2. The van der Waals surface area contributed by atoms with Crippen molar-refractivity contribution in [1.29, 1.82) is 0 Å². The monoisotopic (exact) mass is 257 g/mol. The van der Waals surface area contributed by atoms with Crippen molar-refractivity contribution in [1.82, 2.24) is 0 Å². The quantitative estimate of drug-likeness (QED) is 0.883. The second-order valence-electron chi connectivity index (χ2n) is 4.98. The van der Waals surface area contributed by atoms with Gasteiger partial charge in [-0.1, -0.05) is 6.42 Å². The van der Waals surface area contributed by atoms with E-state index in [1.54, 1.807) is 6.07 Å². The molecule has 0 unspecified atom stereocenters. The van der Waals surface area contributed by atoms with Gasteiger partial charge in [0, 0.05) is 4.88 Å². The van der Waals surface area contributed by atoms with Crippen molar-refractivity contribution in [3.63, 3.8) is 0 Å². The zero-order valence-electron chi connectivity index (χ0n) is 8.93. The Hall–Kier alpha value is -0.390. The molecule has 2 fully saturated rings. The van der Waals surface area contributed by atoms with Crippen LogP contribution in [-0.2, 0) is 10.0 Å². The van der Waals surface area contributed by atoms with Crippen LogP contribution in [0.5, 0.6) is 0 Å². The topological polar surface area (TPSA) is 60.2 Å². The Labute approximate surface area is 99.7 Å². The van der Waals surface area contributed by atoms with E-state index in [9.17, 15) is 8.42 Å². The summed E-state index contributed by atoms with van der Waals surface area (Å²) < 4.78 is 22.7. The van der Waals surface area contributed by atoms with Gasteiger partial charge in [0.25, 0.3) is 0 Å². The van der Waals surface area contributed by atoms with E-state index in [-0.39, 0.29) is 0 Å². The highest BCUT2D eigenvalue weighted by atomic mass is 32.2. The van der Waals surface area contributed by atoms with Crippen LogP contribution in [0.25, 0.3) is 0 Å². The normalized spacial score (nSPS) is 33.4. The van der Waals surface area contributed by atoms with Crippen molar-refractivity contribution in [2.24, 2.45) is 17.0 Å². The fraction of sp³-hybridized carbons (Fsp3) is 0.636. The Balaban J connectivity index is 1.88. The van der Waals surface area contributed by atoms with Gasteiger partial charge < -0.3 is 0 Å². The second kappa shape index (κ2) is 3.55. The molecule has 88 valence electrons. The molecule has 0 spiro atoms. The minimum atomic E-state index is -3.51. The summed E-state index contributed by atoms with van der Waals surface area (Å²) in [6.45, 7) is 0. The van der Waals surface area contributed by atoms with Gasteiger partial charge in [-0.05, 0) is 49.1 Å². The zero-order valence-corrected chi connectivity index (χ0v) is 10.6. The van der Waals surface area contributed by atoms with Crippen LogP contribution in [0.1, 0.15) is 36.5 Å². The summed E-state index contributed by atoms with van der Waals surface area (Å²) in [5, 5.41) is 5.13. The molecule has 2 aliphatic carbocycles. The maximum Gasteiger partial charge on any atom is 0.247 e. The molecule has 0 amide bonds. The third-order valence-corrected chi connectivity index (χ3v) is 6.64. The van der Waals surface area contributed by atoms with E-state index in [4.69, 9.17) is 5.14 Å². The standard InChI is InChI=1S/C11H15NO2S2/c12-16(13,14)11-4-3-10(15-11)9-6-7-1-2-8(9)5-7/h3-4,7-9H,1-2,5-6H2,(H2,12,13,14)/t7-,8+,9+/m1/s1. The molecule has 1 heterocycles. The number of rotatable bonds is 2. The van der Waals surface area contributed by atoms with Gasteiger partial charge >= 0.3 is 0 Å². The van der Waals surface area contributed by atoms with Crippen LogP contribution in [-0.4, -0.2) is 8.42 Å². The van der Waals surface area contributed by atoms with Crippen LogP contribution in [0.15, 0.2) is 16.3 Å². The highest BCUT2D eigenvalue weighted by molar-refractivity contribution is 7.91. The lowest BCUT2D eigenvalue weighted by Gasteiger charge is -2.19. The zero-order chi connectivity index (χ0) is 11.3. The van der Waals surface area contributed by atoms with Gasteiger partial charge in [0.15, 0.2) is 0 Å². The number of hydrogen-bond acceptors (Lipinski definition) is 3. The highest BCUT2D eigenvalue weighted by Gasteiger charge is 2.40.